The number of nitriles is 1. The summed E-state index contributed by atoms with van der Waals surface area (Å²) in [5.41, 5.74) is 0. The second-order valence-electron chi connectivity index (χ2n) is 3.13. The van der Waals surface area contributed by atoms with Gasteiger partial charge in [-0.25, -0.2) is 8.78 Å². The van der Waals surface area contributed by atoms with Gasteiger partial charge >= 0.3 is 0 Å². The van der Waals surface area contributed by atoms with Crippen LogP contribution in [0.15, 0.2) is 0 Å². The van der Waals surface area contributed by atoms with Crippen molar-refractivity contribution in [2.45, 2.75) is 38.0 Å². The van der Waals surface area contributed by atoms with Crippen LogP contribution < -0.4 is 0 Å². The standard InChI is InChI=1S/C8H11F2N/c9-8(10)4-2-1-3-7(5-8)6-11/h7H,1-5H2. The van der Waals surface area contributed by atoms with Gasteiger partial charge in [-0.3, -0.25) is 0 Å². The molecule has 0 amide bonds. The highest BCUT2D eigenvalue weighted by molar-refractivity contribution is 4.89. The zero-order chi connectivity index (χ0) is 8.32. The molecular formula is C8H11F2N. The Kier molecular flexibility index (Phi) is 2.43. The molecule has 1 rings (SSSR count). The third-order valence-electron chi connectivity index (χ3n) is 2.07. The molecule has 62 valence electrons. The molecule has 1 fully saturated rings. The van der Waals surface area contributed by atoms with Crippen molar-refractivity contribution in [3.8, 4) is 6.07 Å². The van der Waals surface area contributed by atoms with Crippen LogP contribution in [-0.2, 0) is 0 Å². The summed E-state index contributed by atoms with van der Waals surface area (Å²) in [6.45, 7) is 0. The molecule has 1 unspecified atom stereocenters. The van der Waals surface area contributed by atoms with Crippen LogP contribution in [0.25, 0.3) is 0 Å². The van der Waals surface area contributed by atoms with Crippen molar-refractivity contribution in [1.29, 1.82) is 5.26 Å². The van der Waals surface area contributed by atoms with E-state index in [1.165, 1.54) is 0 Å². The SMILES string of the molecule is N#CC1CCCCC(F)(F)C1. The number of hydrogen-bond acceptors (Lipinski definition) is 1. The lowest BCUT2D eigenvalue weighted by Gasteiger charge is -2.13. The average Bonchev–Trinajstić information content (AvgIpc) is 2.10. The van der Waals surface area contributed by atoms with Crippen molar-refractivity contribution in [2.24, 2.45) is 5.92 Å². The van der Waals surface area contributed by atoms with E-state index in [4.69, 9.17) is 5.26 Å². The lowest BCUT2D eigenvalue weighted by Crippen LogP contribution is -2.17. The van der Waals surface area contributed by atoms with Crippen LogP contribution in [0.4, 0.5) is 8.78 Å². The van der Waals surface area contributed by atoms with E-state index < -0.39 is 11.8 Å². The highest BCUT2D eigenvalue weighted by atomic mass is 19.3. The number of rotatable bonds is 0. The van der Waals surface area contributed by atoms with Crippen LogP contribution in [0.1, 0.15) is 32.1 Å². The van der Waals surface area contributed by atoms with E-state index in [-0.39, 0.29) is 12.8 Å². The van der Waals surface area contributed by atoms with E-state index in [0.717, 1.165) is 6.42 Å². The molecule has 0 N–H and O–H groups in total. The molecule has 0 aromatic heterocycles. The molecule has 1 nitrogen and oxygen atoms in total. The Morgan fingerprint density at radius 2 is 2.09 bits per heavy atom. The molecule has 0 aromatic carbocycles. The highest BCUT2D eigenvalue weighted by Gasteiger charge is 2.34. The van der Waals surface area contributed by atoms with Gasteiger partial charge in [-0.1, -0.05) is 6.42 Å². The summed E-state index contributed by atoms with van der Waals surface area (Å²) in [5, 5.41) is 8.46. The maximum Gasteiger partial charge on any atom is 0.249 e. The largest absolute Gasteiger partial charge is 0.249 e. The van der Waals surface area contributed by atoms with Gasteiger partial charge in [-0.15, -0.1) is 0 Å². The summed E-state index contributed by atoms with van der Waals surface area (Å²) in [6, 6.07) is 1.92. The smallest absolute Gasteiger partial charge is 0.207 e. The Balaban J connectivity index is 2.55. The van der Waals surface area contributed by atoms with Gasteiger partial charge < -0.3 is 0 Å². The second kappa shape index (κ2) is 3.17. The third kappa shape index (κ3) is 2.45. The van der Waals surface area contributed by atoms with Crippen LogP contribution in [0.3, 0.4) is 0 Å². The summed E-state index contributed by atoms with van der Waals surface area (Å²) in [7, 11) is 0. The third-order valence-corrected chi connectivity index (χ3v) is 2.07. The van der Waals surface area contributed by atoms with E-state index in [1.807, 2.05) is 6.07 Å². The van der Waals surface area contributed by atoms with E-state index in [1.54, 1.807) is 0 Å². The number of alkyl halides is 2. The van der Waals surface area contributed by atoms with E-state index >= 15 is 0 Å². The van der Waals surface area contributed by atoms with Gasteiger partial charge in [0.1, 0.15) is 0 Å². The molecule has 0 aromatic rings. The number of halogens is 2. The monoisotopic (exact) mass is 159 g/mol. The molecule has 0 bridgehead atoms. The Hall–Kier alpha value is -0.650. The van der Waals surface area contributed by atoms with Crippen molar-refractivity contribution < 1.29 is 8.78 Å². The first-order valence-electron chi connectivity index (χ1n) is 3.91. The molecule has 1 atom stereocenters. The minimum Gasteiger partial charge on any atom is -0.207 e. The fourth-order valence-electron chi connectivity index (χ4n) is 1.45. The molecule has 1 aliphatic carbocycles. The molecule has 1 aliphatic rings. The minimum absolute atomic E-state index is 0.0365. The first kappa shape index (κ1) is 8.45. The molecule has 0 saturated heterocycles. The minimum atomic E-state index is -2.59. The zero-order valence-corrected chi connectivity index (χ0v) is 6.32. The van der Waals surface area contributed by atoms with Crippen molar-refractivity contribution >= 4 is 0 Å². The number of nitrogens with zero attached hydrogens (tertiary/aromatic N) is 1. The molecule has 0 aliphatic heterocycles. The van der Waals surface area contributed by atoms with Crippen molar-refractivity contribution in [2.75, 3.05) is 0 Å². The lowest BCUT2D eigenvalue weighted by atomic mass is 10.0. The van der Waals surface area contributed by atoms with Crippen LogP contribution in [0, 0.1) is 17.2 Å². The quantitative estimate of drug-likeness (QED) is 0.498. The number of hydrogen-bond donors (Lipinski definition) is 0. The van der Waals surface area contributed by atoms with Crippen LogP contribution >= 0.6 is 0 Å². The fourth-order valence-corrected chi connectivity index (χ4v) is 1.45. The summed E-state index contributed by atoms with van der Waals surface area (Å²) in [4.78, 5) is 0. The highest BCUT2D eigenvalue weighted by Crippen LogP contribution is 2.34. The van der Waals surface area contributed by atoms with Gasteiger partial charge in [0.25, 0.3) is 0 Å². The van der Waals surface area contributed by atoms with Crippen molar-refractivity contribution in [3.63, 3.8) is 0 Å². The zero-order valence-electron chi connectivity index (χ0n) is 6.32. The molecule has 1 saturated carbocycles. The van der Waals surface area contributed by atoms with E-state index in [9.17, 15) is 8.78 Å². The van der Waals surface area contributed by atoms with Gasteiger partial charge in [0.05, 0.1) is 12.0 Å². The maximum absolute atomic E-state index is 12.8. The predicted octanol–water partition coefficient (Wildman–Crippen LogP) is 2.73. The summed E-state index contributed by atoms with van der Waals surface area (Å²) in [6.07, 6.45) is 1.71. The first-order valence-corrected chi connectivity index (χ1v) is 3.91. The average molecular weight is 159 g/mol. The Labute approximate surface area is 65.0 Å². The summed E-state index contributed by atoms with van der Waals surface area (Å²) < 4.78 is 25.5. The fraction of sp³-hybridized carbons (Fsp3) is 0.875. The van der Waals surface area contributed by atoms with Gasteiger partial charge in [-0.2, -0.15) is 5.26 Å². The van der Waals surface area contributed by atoms with E-state index in [0.29, 0.717) is 12.8 Å². The maximum atomic E-state index is 12.8. The Bertz CT molecular complexity index is 171. The van der Waals surface area contributed by atoms with Crippen LogP contribution in [0.5, 0.6) is 0 Å². The molecule has 11 heavy (non-hydrogen) atoms. The second-order valence-corrected chi connectivity index (χ2v) is 3.13. The Morgan fingerprint density at radius 1 is 1.36 bits per heavy atom. The first-order chi connectivity index (χ1) is 5.14. The Morgan fingerprint density at radius 3 is 2.73 bits per heavy atom. The summed E-state index contributed by atoms with van der Waals surface area (Å²) >= 11 is 0. The topological polar surface area (TPSA) is 23.8 Å². The van der Waals surface area contributed by atoms with Gasteiger partial charge in [0.2, 0.25) is 5.92 Å². The molecule has 0 heterocycles. The predicted molar refractivity (Wildman–Crippen MR) is 37.1 cm³/mol. The molecule has 3 heteroatoms. The van der Waals surface area contributed by atoms with Crippen molar-refractivity contribution in [3.05, 3.63) is 0 Å². The van der Waals surface area contributed by atoms with Gasteiger partial charge in [-0.05, 0) is 12.8 Å². The van der Waals surface area contributed by atoms with Crippen LogP contribution in [0.2, 0.25) is 0 Å². The molecule has 0 spiro atoms. The summed E-state index contributed by atoms with van der Waals surface area (Å²) in [5.74, 6) is -3.01. The van der Waals surface area contributed by atoms with Crippen molar-refractivity contribution in [1.82, 2.24) is 0 Å². The normalized spacial score (nSPS) is 30.5. The van der Waals surface area contributed by atoms with Gasteiger partial charge in [0.15, 0.2) is 0 Å². The van der Waals surface area contributed by atoms with Gasteiger partial charge in [0, 0.05) is 12.8 Å². The molecule has 0 radical (unpaired) electrons. The molecular weight excluding hydrogens is 148 g/mol. The lowest BCUT2D eigenvalue weighted by molar-refractivity contribution is -0.0200. The van der Waals surface area contributed by atoms with Crippen LogP contribution in [-0.4, -0.2) is 5.92 Å². The van der Waals surface area contributed by atoms with E-state index in [2.05, 4.69) is 0 Å².